The smallest absolute Gasteiger partial charge is 0.191 e. The van der Waals surface area contributed by atoms with Gasteiger partial charge in [0.05, 0.1) is 0 Å². The molecule has 0 aliphatic heterocycles. The first-order chi connectivity index (χ1) is 12.1. The minimum atomic E-state index is -0.287. The summed E-state index contributed by atoms with van der Waals surface area (Å²) in [6, 6.07) is 4.75. The maximum Gasteiger partial charge on any atom is 0.191 e. The molecule has 7 heteroatoms. The van der Waals surface area contributed by atoms with Gasteiger partial charge in [0, 0.05) is 38.7 Å². The van der Waals surface area contributed by atoms with E-state index in [1.165, 1.54) is 28.3 Å². The van der Waals surface area contributed by atoms with Gasteiger partial charge in [-0.1, -0.05) is 36.4 Å². The number of rotatable bonds is 6. The van der Waals surface area contributed by atoms with Crippen molar-refractivity contribution in [1.82, 2.24) is 14.8 Å². The molecule has 2 heterocycles. The van der Waals surface area contributed by atoms with Crippen LogP contribution in [0.25, 0.3) is 11.4 Å². The zero-order valence-electron chi connectivity index (χ0n) is 14.3. The second-order valence-electron chi connectivity index (χ2n) is 5.58. The third-order valence-corrected chi connectivity index (χ3v) is 6.44. The SMILES string of the molecule is CCc1c(-c2nnc(SCc3c(F)cccc3Cl)n2CC)csc1C. The summed E-state index contributed by atoms with van der Waals surface area (Å²) in [7, 11) is 0. The molecule has 0 atom stereocenters. The molecule has 1 aromatic carbocycles. The Bertz CT molecular complexity index is 868. The van der Waals surface area contributed by atoms with E-state index < -0.39 is 0 Å². The van der Waals surface area contributed by atoms with Crippen LogP contribution in [0.4, 0.5) is 4.39 Å². The lowest BCUT2D eigenvalue weighted by Gasteiger charge is -2.09. The van der Waals surface area contributed by atoms with E-state index in [2.05, 4.69) is 40.9 Å². The number of halogens is 2. The molecule has 25 heavy (non-hydrogen) atoms. The highest BCUT2D eigenvalue weighted by molar-refractivity contribution is 7.98. The van der Waals surface area contributed by atoms with Gasteiger partial charge in [0.25, 0.3) is 0 Å². The van der Waals surface area contributed by atoms with Gasteiger partial charge in [-0.25, -0.2) is 4.39 Å². The van der Waals surface area contributed by atoms with Gasteiger partial charge < -0.3 is 4.57 Å². The van der Waals surface area contributed by atoms with Crippen LogP contribution in [0, 0.1) is 12.7 Å². The highest BCUT2D eigenvalue weighted by Gasteiger charge is 2.18. The molecule has 0 N–H and O–H groups in total. The number of hydrogen-bond donors (Lipinski definition) is 0. The molecule has 0 aliphatic carbocycles. The molecule has 0 bridgehead atoms. The summed E-state index contributed by atoms with van der Waals surface area (Å²) in [5, 5.41) is 12.1. The van der Waals surface area contributed by atoms with Gasteiger partial charge in [0.15, 0.2) is 11.0 Å². The summed E-state index contributed by atoms with van der Waals surface area (Å²) < 4.78 is 16.1. The summed E-state index contributed by atoms with van der Waals surface area (Å²) in [5.41, 5.74) is 2.97. The van der Waals surface area contributed by atoms with Gasteiger partial charge in [0.2, 0.25) is 0 Å². The van der Waals surface area contributed by atoms with Crippen LogP contribution in [0.1, 0.15) is 29.9 Å². The summed E-state index contributed by atoms with van der Waals surface area (Å²) in [4.78, 5) is 1.32. The Labute approximate surface area is 160 Å². The highest BCUT2D eigenvalue weighted by atomic mass is 35.5. The van der Waals surface area contributed by atoms with Crippen molar-refractivity contribution in [3.05, 3.63) is 50.4 Å². The molecule has 3 rings (SSSR count). The van der Waals surface area contributed by atoms with E-state index in [1.54, 1.807) is 23.5 Å². The summed E-state index contributed by atoms with van der Waals surface area (Å²) in [5.74, 6) is 1.02. The first kappa shape index (κ1) is 18.4. The number of thioether (sulfide) groups is 1. The van der Waals surface area contributed by atoms with Crippen molar-refractivity contribution in [2.24, 2.45) is 0 Å². The Morgan fingerprint density at radius 1 is 1.24 bits per heavy atom. The van der Waals surface area contributed by atoms with E-state index in [-0.39, 0.29) is 5.82 Å². The van der Waals surface area contributed by atoms with Gasteiger partial charge >= 0.3 is 0 Å². The average Bonchev–Trinajstić information content (AvgIpc) is 3.16. The van der Waals surface area contributed by atoms with Gasteiger partial charge in [-0.2, -0.15) is 0 Å². The first-order valence-electron chi connectivity index (χ1n) is 8.13. The number of aromatic nitrogens is 3. The molecule has 0 unspecified atom stereocenters. The van der Waals surface area contributed by atoms with E-state index in [1.807, 2.05) is 0 Å². The topological polar surface area (TPSA) is 30.7 Å². The number of nitrogens with zero attached hydrogens (tertiary/aromatic N) is 3. The average molecular weight is 396 g/mol. The van der Waals surface area contributed by atoms with Crippen LogP contribution in [0.2, 0.25) is 5.02 Å². The fourth-order valence-corrected chi connectivity index (χ4v) is 5.08. The molecule has 132 valence electrons. The molecule has 0 spiro atoms. The van der Waals surface area contributed by atoms with Crippen LogP contribution in [0.5, 0.6) is 0 Å². The minimum absolute atomic E-state index is 0.287. The Balaban J connectivity index is 1.90. The first-order valence-corrected chi connectivity index (χ1v) is 10.4. The van der Waals surface area contributed by atoms with E-state index in [0.717, 1.165) is 29.5 Å². The number of hydrogen-bond acceptors (Lipinski definition) is 4. The fraction of sp³-hybridized carbons (Fsp3) is 0.333. The zero-order valence-corrected chi connectivity index (χ0v) is 16.7. The minimum Gasteiger partial charge on any atom is -0.302 e. The lowest BCUT2D eigenvalue weighted by molar-refractivity contribution is 0.617. The maximum atomic E-state index is 14.0. The highest BCUT2D eigenvalue weighted by Crippen LogP contribution is 2.34. The number of aryl methyl sites for hydroxylation is 1. The van der Waals surface area contributed by atoms with Crippen LogP contribution >= 0.6 is 34.7 Å². The molecular formula is C18H19ClFN3S2. The number of thiophene rings is 1. The molecule has 0 aliphatic rings. The molecule has 0 saturated heterocycles. The Hall–Kier alpha value is -1.37. The second kappa shape index (κ2) is 7.89. The van der Waals surface area contributed by atoms with Gasteiger partial charge in [-0.05, 0) is 38.0 Å². The van der Waals surface area contributed by atoms with Crippen molar-refractivity contribution in [3.63, 3.8) is 0 Å². The number of benzene rings is 1. The van der Waals surface area contributed by atoms with Gasteiger partial charge in [0.1, 0.15) is 5.82 Å². The summed E-state index contributed by atoms with van der Waals surface area (Å²) in [6.07, 6.45) is 0.967. The quantitative estimate of drug-likeness (QED) is 0.481. The lowest BCUT2D eigenvalue weighted by atomic mass is 10.1. The van der Waals surface area contributed by atoms with Crippen molar-refractivity contribution >= 4 is 34.7 Å². The molecule has 3 aromatic rings. The fourth-order valence-electron chi connectivity index (χ4n) is 2.79. The standard InChI is InChI=1S/C18H19ClFN3S2/c1-4-12-11(3)24-9-13(12)17-21-22-18(23(17)5-2)25-10-14-15(19)7-6-8-16(14)20/h6-9H,4-5,10H2,1-3H3. The third kappa shape index (κ3) is 3.61. The molecular weight excluding hydrogens is 377 g/mol. The van der Waals surface area contributed by atoms with Crippen LogP contribution in [-0.2, 0) is 18.7 Å². The Kier molecular flexibility index (Phi) is 5.81. The van der Waals surface area contributed by atoms with Crippen molar-refractivity contribution in [2.75, 3.05) is 0 Å². The summed E-state index contributed by atoms with van der Waals surface area (Å²) in [6.45, 7) is 7.11. The monoisotopic (exact) mass is 395 g/mol. The van der Waals surface area contributed by atoms with E-state index in [9.17, 15) is 4.39 Å². The predicted octanol–water partition coefficient (Wildman–Crippen LogP) is 5.98. The lowest BCUT2D eigenvalue weighted by Crippen LogP contribution is -2.01. The third-order valence-electron chi connectivity index (χ3n) is 4.14. The molecule has 3 nitrogen and oxygen atoms in total. The van der Waals surface area contributed by atoms with E-state index in [4.69, 9.17) is 11.6 Å². The van der Waals surface area contributed by atoms with Crippen LogP contribution in [0.15, 0.2) is 28.7 Å². The van der Waals surface area contributed by atoms with E-state index >= 15 is 0 Å². The molecule has 0 radical (unpaired) electrons. The van der Waals surface area contributed by atoms with Gasteiger partial charge in [-0.15, -0.1) is 21.5 Å². The molecule has 0 saturated carbocycles. The van der Waals surface area contributed by atoms with Gasteiger partial charge in [-0.3, -0.25) is 0 Å². The normalized spacial score (nSPS) is 11.2. The second-order valence-corrected chi connectivity index (χ2v) is 8.01. The van der Waals surface area contributed by atoms with Crippen LogP contribution in [0.3, 0.4) is 0 Å². The van der Waals surface area contributed by atoms with Crippen molar-refractivity contribution < 1.29 is 4.39 Å². The molecule has 2 aromatic heterocycles. The van der Waals surface area contributed by atoms with E-state index in [0.29, 0.717) is 16.3 Å². The summed E-state index contributed by atoms with van der Waals surface area (Å²) >= 11 is 9.31. The largest absolute Gasteiger partial charge is 0.302 e. The zero-order chi connectivity index (χ0) is 18.0. The van der Waals surface area contributed by atoms with Crippen molar-refractivity contribution in [2.45, 2.75) is 44.6 Å². The van der Waals surface area contributed by atoms with Crippen LogP contribution in [-0.4, -0.2) is 14.8 Å². The molecule has 0 amide bonds. The van der Waals surface area contributed by atoms with Crippen LogP contribution < -0.4 is 0 Å². The molecule has 0 fully saturated rings. The Morgan fingerprint density at radius 2 is 2.04 bits per heavy atom. The van der Waals surface area contributed by atoms with Crippen molar-refractivity contribution in [3.8, 4) is 11.4 Å². The maximum absolute atomic E-state index is 14.0. The Morgan fingerprint density at radius 3 is 2.72 bits per heavy atom. The predicted molar refractivity (Wildman–Crippen MR) is 104 cm³/mol. The van der Waals surface area contributed by atoms with Crippen molar-refractivity contribution in [1.29, 1.82) is 0 Å².